The first kappa shape index (κ1) is 18.2. The van der Waals surface area contributed by atoms with E-state index in [1.165, 1.54) is 13.1 Å². The maximum Gasteiger partial charge on any atom is 0.255 e. The molecule has 5 nitrogen and oxygen atoms in total. The number of amides is 1. The molecule has 24 heavy (non-hydrogen) atoms. The zero-order chi connectivity index (χ0) is 18.1. The van der Waals surface area contributed by atoms with E-state index in [0.717, 1.165) is 16.7 Å². The lowest BCUT2D eigenvalue weighted by atomic mass is 10.1. The zero-order valence-electron chi connectivity index (χ0n) is 14.5. The van der Waals surface area contributed by atoms with Crippen molar-refractivity contribution in [2.75, 3.05) is 12.4 Å². The fourth-order valence-corrected chi connectivity index (χ4v) is 3.56. The van der Waals surface area contributed by atoms with E-state index in [1.54, 1.807) is 19.9 Å². The molecule has 0 spiro atoms. The van der Waals surface area contributed by atoms with Crippen LogP contribution in [0.25, 0.3) is 0 Å². The summed E-state index contributed by atoms with van der Waals surface area (Å²) in [6.45, 7) is 7.42. The molecular weight excluding hydrogens is 324 g/mol. The number of aryl methyl sites for hydroxylation is 3. The minimum Gasteiger partial charge on any atom is -0.322 e. The van der Waals surface area contributed by atoms with Crippen LogP contribution in [0, 0.1) is 27.7 Å². The topological polar surface area (TPSA) is 75.3 Å². The first-order valence-electron chi connectivity index (χ1n) is 7.59. The van der Waals surface area contributed by atoms with Crippen molar-refractivity contribution in [3.8, 4) is 0 Å². The third kappa shape index (κ3) is 3.66. The van der Waals surface area contributed by atoms with Crippen molar-refractivity contribution in [1.29, 1.82) is 0 Å². The van der Waals surface area contributed by atoms with Gasteiger partial charge in [0.1, 0.15) is 0 Å². The molecule has 2 aromatic carbocycles. The van der Waals surface area contributed by atoms with E-state index in [1.807, 2.05) is 32.0 Å². The predicted octanol–water partition coefficient (Wildman–Crippen LogP) is 3.08. The first-order valence-corrected chi connectivity index (χ1v) is 9.07. The Labute approximate surface area is 143 Å². The molecule has 0 saturated carbocycles. The van der Waals surface area contributed by atoms with Gasteiger partial charge in [-0.25, -0.2) is 13.1 Å². The molecule has 0 aromatic heterocycles. The Balaban J connectivity index is 2.43. The molecule has 0 aliphatic rings. The molecule has 0 radical (unpaired) electrons. The summed E-state index contributed by atoms with van der Waals surface area (Å²) in [6.07, 6.45) is 0. The maximum absolute atomic E-state index is 12.6. The van der Waals surface area contributed by atoms with Crippen molar-refractivity contribution in [2.45, 2.75) is 32.6 Å². The number of nitrogens with one attached hydrogen (secondary N) is 2. The second kappa shape index (κ2) is 6.75. The molecule has 6 heteroatoms. The molecule has 2 aromatic rings. The standard InChI is InChI=1S/C18H22N2O3S/c1-11-6-7-16(13(3)8-11)20-18(21)15-9-12(2)14(4)17(10-15)24(22,23)19-5/h6-10,19H,1-5H3,(H,20,21). The van der Waals surface area contributed by atoms with Crippen LogP contribution >= 0.6 is 0 Å². The summed E-state index contributed by atoms with van der Waals surface area (Å²) in [5.74, 6) is -0.336. The van der Waals surface area contributed by atoms with Crippen molar-refractivity contribution >= 4 is 21.6 Å². The fraction of sp³-hybridized carbons (Fsp3) is 0.278. The molecule has 128 valence electrons. The zero-order valence-corrected chi connectivity index (χ0v) is 15.3. The predicted molar refractivity (Wildman–Crippen MR) is 96.0 cm³/mol. The SMILES string of the molecule is CNS(=O)(=O)c1cc(C(=O)Nc2ccc(C)cc2C)cc(C)c1C. The molecule has 0 unspecified atom stereocenters. The molecule has 0 fully saturated rings. The van der Waals surface area contributed by atoms with E-state index < -0.39 is 10.0 Å². The van der Waals surface area contributed by atoms with E-state index >= 15 is 0 Å². The van der Waals surface area contributed by atoms with Crippen LogP contribution in [-0.2, 0) is 10.0 Å². The summed E-state index contributed by atoms with van der Waals surface area (Å²) < 4.78 is 26.6. The van der Waals surface area contributed by atoms with Gasteiger partial charge in [-0.2, -0.15) is 0 Å². The highest BCUT2D eigenvalue weighted by Gasteiger charge is 2.19. The Morgan fingerprint density at radius 3 is 2.21 bits per heavy atom. The van der Waals surface area contributed by atoms with Gasteiger partial charge in [0.05, 0.1) is 4.90 Å². The Kier molecular flexibility index (Phi) is 5.11. The van der Waals surface area contributed by atoms with Gasteiger partial charge < -0.3 is 5.32 Å². The molecule has 0 aliphatic carbocycles. The van der Waals surface area contributed by atoms with Crippen molar-refractivity contribution in [3.05, 3.63) is 58.1 Å². The molecular formula is C18H22N2O3S. The lowest BCUT2D eigenvalue weighted by Gasteiger charge is -2.13. The van der Waals surface area contributed by atoms with Crippen LogP contribution in [0.2, 0.25) is 0 Å². The highest BCUT2D eigenvalue weighted by atomic mass is 32.2. The smallest absolute Gasteiger partial charge is 0.255 e. The largest absolute Gasteiger partial charge is 0.322 e. The van der Waals surface area contributed by atoms with Gasteiger partial charge in [-0.3, -0.25) is 4.79 Å². The fourth-order valence-electron chi connectivity index (χ4n) is 2.50. The normalized spacial score (nSPS) is 11.4. The van der Waals surface area contributed by atoms with Crippen molar-refractivity contribution in [2.24, 2.45) is 0 Å². The summed E-state index contributed by atoms with van der Waals surface area (Å²) in [5.41, 5.74) is 4.47. The Morgan fingerprint density at radius 1 is 0.958 bits per heavy atom. The maximum atomic E-state index is 12.6. The Bertz CT molecular complexity index is 903. The summed E-state index contributed by atoms with van der Waals surface area (Å²) in [7, 11) is -2.27. The first-order chi connectivity index (χ1) is 11.2. The molecule has 0 bridgehead atoms. The lowest BCUT2D eigenvalue weighted by Crippen LogP contribution is -2.21. The van der Waals surface area contributed by atoms with Crippen LogP contribution in [0.4, 0.5) is 5.69 Å². The van der Waals surface area contributed by atoms with E-state index in [-0.39, 0.29) is 10.8 Å². The summed E-state index contributed by atoms with van der Waals surface area (Å²) in [5, 5.41) is 2.84. The number of hydrogen-bond acceptors (Lipinski definition) is 3. The summed E-state index contributed by atoms with van der Waals surface area (Å²) in [6, 6.07) is 8.84. The van der Waals surface area contributed by atoms with Gasteiger partial charge in [-0.05, 0) is 69.6 Å². The average molecular weight is 346 g/mol. The minimum atomic E-state index is -3.62. The van der Waals surface area contributed by atoms with Crippen molar-refractivity contribution in [3.63, 3.8) is 0 Å². The van der Waals surface area contributed by atoms with Gasteiger partial charge in [0.15, 0.2) is 0 Å². The van der Waals surface area contributed by atoms with E-state index in [9.17, 15) is 13.2 Å². The van der Waals surface area contributed by atoms with Gasteiger partial charge in [-0.15, -0.1) is 0 Å². The van der Waals surface area contributed by atoms with Crippen LogP contribution in [0.5, 0.6) is 0 Å². The molecule has 0 saturated heterocycles. The van der Waals surface area contributed by atoms with Crippen molar-refractivity contribution in [1.82, 2.24) is 4.72 Å². The number of carbonyl (C=O) groups excluding carboxylic acids is 1. The second-order valence-electron chi connectivity index (χ2n) is 5.90. The molecule has 1 amide bonds. The van der Waals surface area contributed by atoms with E-state index in [0.29, 0.717) is 16.8 Å². The Hall–Kier alpha value is -2.18. The number of anilines is 1. The van der Waals surface area contributed by atoms with Crippen LogP contribution in [0.15, 0.2) is 35.2 Å². The third-order valence-electron chi connectivity index (χ3n) is 4.07. The molecule has 2 N–H and O–H groups in total. The van der Waals surface area contributed by atoms with E-state index in [4.69, 9.17) is 0 Å². The highest BCUT2D eigenvalue weighted by molar-refractivity contribution is 7.89. The number of rotatable bonds is 4. The van der Waals surface area contributed by atoms with Gasteiger partial charge in [0.25, 0.3) is 5.91 Å². The number of carbonyl (C=O) groups is 1. The summed E-state index contributed by atoms with van der Waals surface area (Å²) in [4.78, 5) is 12.7. The Morgan fingerprint density at radius 2 is 1.62 bits per heavy atom. The van der Waals surface area contributed by atoms with Crippen LogP contribution < -0.4 is 10.0 Å². The van der Waals surface area contributed by atoms with Crippen molar-refractivity contribution < 1.29 is 13.2 Å². The molecule has 2 rings (SSSR count). The molecule has 0 aliphatic heterocycles. The minimum absolute atomic E-state index is 0.121. The quantitative estimate of drug-likeness (QED) is 0.893. The van der Waals surface area contributed by atoms with Gasteiger partial charge in [0, 0.05) is 11.3 Å². The average Bonchev–Trinajstić information content (AvgIpc) is 2.52. The number of sulfonamides is 1. The summed E-state index contributed by atoms with van der Waals surface area (Å²) >= 11 is 0. The second-order valence-corrected chi connectivity index (χ2v) is 7.75. The third-order valence-corrected chi connectivity index (χ3v) is 5.61. The van der Waals surface area contributed by atoms with Crippen LogP contribution in [0.1, 0.15) is 32.6 Å². The number of hydrogen-bond donors (Lipinski definition) is 2. The molecule has 0 atom stereocenters. The van der Waals surface area contributed by atoms with Gasteiger partial charge >= 0.3 is 0 Å². The van der Waals surface area contributed by atoms with Crippen LogP contribution in [0.3, 0.4) is 0 Å². The number of benzene rings is 2. The highest BCUT2D eigenvalue weighted by Crippen LogP contribution is 2.23. The monoisotopic (exact) mass is 346 g/mol. The van der Waals surface area contributed by atoms with E-state index in [2.05, 4.69) is 10.0 Å². The lowest BCUT2D eigenvalue weighted by molar-refractivity contribution is 0.102. The van der Waals surface area contributed by atoms with Gasteiger partial charge in [0.2, 0.25) is 10.0 Å². The van der Waals surface area contributed by atoms with Crippen LogP contribution in [-0.4, -0.2) is 21.4 Å². The van der Waals surface area contributed by atoms with Gasteiger partial charge in [-0.1, -0.05) is 17.7 Å². The molecule has 0 heterocycles.